The Balaban J connectivity index is 2.22. The molecule has 2 aromatic carbocycles. The third-order valence-corrected chi connectivity index (χ3v) is 3.75. The number of benzene rings is 2. The molecule has 3 aromatic rings. The molecule has 0 atom stereocenters. The number of aromatic nitrogens is 1. The lowest BCUT2D eigenvalue weighted by molar-refractivity contribution is 0.415. The van der Waals surface area contributed by atoms with E-state index in [4.69, 9.17) is 4.74 Å². The molecule has 0 aliphatic carbocycles. The van der Waals surface area contributed by atoms with Crippen LogP contribution in [0.1, 0.15) is 5.56 Å². The van der Waals surface area contributed by atoms with E-state index in [0.717, 1.165) is 28.0 Å². The van der Waals surface area contributed by atoms with Crippen LogP contribution in [0.2, 0.25) is 0 Å². The molecule has 0 radical (unpaired) electrons. The molecule has 0 saturated heterocycles. The molecule has 0 fully saturated rings. The lowest BCUT2D eigenvalue weighted by atomic mass is 10.1. The molecule has 1 N–H and O–H groups in total. The Hall–Kier alpha value is -3.26. The van der Waals surface area contributed by atoms with Crippen LogP contribution in [-0.2, 0) is 0 Å². The summed E-state index contributed by atoms with van der Waals surface area (Å²) < 4.78 is 5.27. The van der Waals surface area contributed by atoms with Gasteiger partial charge in [0.1, 0.15) is 23.2 Å². The number of nitrogens with one attached hydrogen (secondary N) is 1. The molecule has 5 nitrogen and oxygen atoms in total. The number of hydrogen-bond acceptors (Lipinski definition) is 5. The van der Waals surface area contributed by atoms with Gasteiger partial charge in [-0.2, -0.15) is 5.26 Å². The molecule has 24 heavy (non-hydrogen) atoms. The average Bonchev–Trinajstić information content (AvgIpc) is 2.61. The van der Waals surface area contributed by atoms with E-state index >= 15 is 0 Å². The number of rotatable bonds is 4. The number of hydrogen-bond donors (Lipinski definition) is 1. The SMILES string of the molecule is COc1cccc(Nc2c(C#N)c(N(C)C)nc3ccccc23)c1. The molecule has 0 amide bonds. The van der Waals surface area contributed by atoms with Crippen LogP contribution < -0.4 is 15.0 Å². The van der Waals surface area contributed by atoms with Crippen molar-refractivity contribution < 1.29 is 4.74 Å². The van der Waals surface area contributed by atoms with Crippen molar-refractivity contribution in [3.8, 4) is 11.8 Å². The molecule has 1 heterocycles. The van der Waals surface area contributed by atoms with E-state index in [0.29, 0.717) is 11.4 Å². The predicted octanol–water partition coefficient (Wildman–Crippen LogP) is 3.92. The fraction of sp³-hybridized carbons (Fsp3) is 0.158. The second-order valence-electron chi connectivity index (χ2n) is 5.57. The number of para-hydroxylation sites is 1. The fourth-order valence-electron chi connectivity index (χ4n) is 2.60. The molecule has 0 aliphatic heterocycles. The fourth-order valence-corrected chi connectivity index (χ4v) is 2.60. The molecule has 0 bridgehead atoms. The minimum absolute atomic E-state index is 0.515. The second-order valence-corrected chi connectivity index (χ2v) is 5.57. The topological polar surface area (TPSA) is 61.2 Å². The van der Waals surface area contributed by atoms with Crippen LogP contribution in [-0.4, -0.2) is 26.2 Å². The molecule has 0 unspecified atom stereocenters. The highest BCUT2D eigenvalue weighted by Crippen LogP contribution is 2.34. The second kappa shape index (κ2) is 6.47. The van der Waals surface area contributed by atoms with E-state index < -0.39 is 0 Å². The largest absolute Gasteiger partial charge is 0.497 e. The summed E-state index contributed by atoms with van der Waals surface area (Å²) in [5, 5.41) is 14.0. The maximum atomic E-state index is 9.71. The van der Waals surface area contributed by atoms with Crippen molar-refractivity contribution in [1.29, 1.82) is 5.26 Å². The van der Waals surface area contributed by atoms with Gasteiger partial charge in [-0.05, 0) is 18.2 Å². The van der Waals surface area contributed by atoms with Crippen LogP contribution in [0.25, 0.3) is 10.9 Å². The van der Waals surface area contributed by atoms with E-state index in [1.165, 1.54) is 0 Å². The zero-order chi connectivity index (χ0) is 17.1. The van der Waals surface area contributed by atoms with Crippen molar-refractivity contribution >= 4 is 28.1 Å². The highest BCUT2D eigenvalue weighted by molar-refractivity contribution is 5.98. The van der Waals surface area contributed by atoms with Gasteiger partial charge >= 0.3 is 0 Å². The number of fused-ring (bicyclic) bond motifs is 1. The Morgan fingerprint density at radius 3 is 2.62 bits per heavy atom. The first-order valence-electron chi connectivity index (χ1n) is 7.55. The van der Waals surface area contributed by atoms with Crippen LogP contribution in [0.5, 0.6) is 5.75 Å². The summed E-state index contributed by atoms with van der Waals surface area (Å²) in [6.07, 6.45) is 0. The van der Waals surface area contributed by atoms with Gasteiger partial charge in [0.15, 0.2) is 0 Å². The Morgan fingerprint density at radius 2 is 1.92 bits per heavy atom. The highest BCUT2D eigenvalue weighted by Gasteiger charge is 2.16. The summed E-state index contributed by atoms with van der Waals surface area (Å²) in [4.78, 5) is 6.47. The minimum atomic E-state index is 0.515. The summed E-state index contributed by atoms with van der Waals surface area (Å²) in [6, 6.07) is 17.7. The summed E-state index contributed by atoms with van der Waals surface area (Å²) in [6.45, 7) is 0. The zero-order valence-corrected chi connectivity index (χ0v) is 13.9. The number of pyridine rings is 1. The van der Waals surface area contributed by atoms with Gasteiger partial charge < -0.3 is 15.0 Å². The normalized spacial score (nSPS) is 10.2. The standard InChI is InChI=1S/C19H18N4O/c1-23(2)19-16(12-20)18(15-9-4-5-10-17(15)22-19)21-13-7-6-8-14(11-13)24-3/h4-11H,1-3H3,(H,21,22). The molecular formula is C19H18N4O. The Bertz CT molecular complexity index is 928. The summed E-state index contributed by atoms with van der Waals surface area (Å²) in [5.74, 6) is 1.39. The monoisotopic (exact) mass is 318 g/mol. The predicted molar refractivity (Wildman–Crippen MR) is 97.1 cm³/mol. The van der Waals surface area contributed by atoms with Crippen molar-refractivity contribution in [2.45, 2.75) is 0 Å². The van der Waals surface area contributed by atoms with E-state index in [-0.39, 0.29) is 0 Å². The van der Waals surface area contributed by atoms with Crippen LogP contribution in [0.4, 0.5) is 17.2 Å². The number of anilines is 3. The molecule has 120 valence electrons. The van der Waals surface area contributed by atoms with Gasteiger partial charge in [0.2, 0.25) is 0 Å². The van der Waals surface area contributed by atoms with Gasteiger partial charge in [-0.25, -0.2) is 4.98 Å². The molecule has 0 aliphatic rings. The van der Waals surface area contributed by atoms with Crippen molar-refractivity contribution in [3.05, 3.63) is 54.1 Å². The Kier molecular flexibility index (Phi) is 4.21. The molecule has 3 rings (SSSR count). The van der Waals surface area contributed by atoms with Gasteiger partial charge in [0, 0.05) is 31.2 Å². The number of nitrogens with zero attached hydrogens (tertiary/aromatic N) is 3. The first-order valence-corrected chi connectivity index (χ1v) is 7.55. The maximum Gasteiger partial charge on any atom is 0.148 e. The van der Waals surface area contributed by atoms with Gasteiger partial charge in [-0.1, -0.05) is 24.3 Å². The lowest BCUT2D eigenvalue weighted by Gasteiger charge is -2.19. The minimum Gasteiger partial charge on any atom is -0.497 e. The molecule has 0 saturated carbocycles. The summed E-state index contributed by atoms with van der Waals surface area (Å²) >= 11 is 0. The first kappa shape index (κ1) is 15.6. The van der Waals surface area contributed by atoms with Crippen molar-refractivity contribution in [1.82, 2.24) is 4.98 Å². The van der Waals surface area contributed by atoms with Gasteiger partial charge in [0.25, 0.3) is 0 Å². The van der Waals surface area contributed by atoms with Crippen molar-refractivity contribution in [3.63, 3.8) is 0 Å². The van der Waals surface area contributed by atoms with Crippen molar-refractivity contribution in [2.24, 2.45) is 0 Å². The van der Waals surface area contributed by atoms with E-state index in [2.05, 4.69) is 16.4 Å². The maximum absolute atomic E-state index is 9.71. The van der Waals surface area contributed by atoms with E-state index in [1.807, 2.05) is 67.5 Å². The number of methoxy groups -OCH3 is 1. The van der Waals surface area contributed by atoms with Gasteiger partial charge in [-0.15, -0.1) is 0 Å². The first-order chi connectivity index (χ1) is 11.6. The summed E-state index contributed by atoms with van der Waals surface area (Å²) in [7, 11) is 5.40. The van der Waals surface area contributed by atoms with Gasteiger partial charge in [0.05, 0.1) is 18.3 Å². The average molecular weight is 318 g/mol. The number of nitriles is 1. The van der Waals surface area contributed by atoms with Gasteiger partial charge in [-0.3, -0.25) is 0 Å². The third kappa shape index (κ3) is 2.82. The smallest absolute Gasteiger partial charge is 0.148 e. The quantitative estimate of drug-likeness (QED) is 0.790. The summed E-state index contributed by atoms with van der Waals surface area (Å²) in [5.41, 5.74) is 2.96. The Labute approximate surface area is 141 Å². The highest BCUT2D eigenvalue weighted by atomic mass is 16.5. The Morgan fingerprint density at radius 1 is 1.12 bits per heavy atom. The third-order valence-electron chi connectivity index (χ3n) is 3.75. The molecule has 0 spiro atoms. The van der Waals surface area contributed by atoms with Crippen molar-refractivity contribution in [2.75, 3.05) is 31.4 Å². The van der Waals surface area contributed by atoms with Crippen LogP contribution in [0.15, 0.2) is 48.5 Å². The zero-order valence-electron chi connectivity index (χ0n) is 13.9. The van der Waals surface area contributed by atoms with Crippen LogP contribution in [0, 0.1) is 11.3 Å². The van der Waals surface area contributed by atoms with Crippen LogP contribution >= 0.6 is 0 Å². The molecular weight excluding hydrogens is 300 g/mol. The van der Waals surface area contributed by atoms with Crippen LogP contribution in [0.3, 0.4) is 0 Å². The lowest BCUT2D eigenvalue weighted by Crippen LogP contribution is -2.14. The van der Waals surface area contributed by atoms with E-state index in [9.17, 15) is 5.26 Å². The van der Waals surface area contributed by atoms with E-state index in [1.54, 1.807) is 7.11 Å². The number of ether oxygens (including phenoxy) is 1. The molecule has 1 aromatic heterocycles. The molecule has 5 heteroatoms.